The van der Waals surface area contributed by atoms with E-state index in [4.69, 9.17) is 14.7 Å². The molecular formula is C18H23F2NO2. The van der Waals surface area contributed by atoms with E-state index < -0.39 is 23.5 Å². The molecule has 1 aromatic carbocycles. The summed E-state index contributed by atoms with van der Waals surface area (Å²) >= 11 is 0. The molecule has 0 atom stereocenters. The number of halogens is 2. The van der Waals surface area contributed by atoms with Gasteiger partial charge in [-0.2, -0.15) is 5.26 Å². The zero-order valence-corrected chi connectivity index (χ0v) is 13.2. The lowest BCUT2D eigenvalue weighted by molar-refractivity contribution is -0.214. The molecule has 1 saturated heterocycles. The quantitative estimate of drug-likeness (QED) is 0.800. The third-order valence-corrected chi connectivity index (χ3v) is 5.10. The minimum atomic E-state index is -0.877. The number of ether oxygens (including phenoxy) is 2. The van der Waals surface area contributed by atoms with E-state index in [2.05, 4.69) is 6.92 Å². The summed E-state index contributed by atoms with van der Waals surface area (Å²) < 4.78 is 38.8. The largest absolute Gasteiger partial charge is 0.348 e. The maximum absolute atomic E-state index is 13.7. The van der Waals surface area contributed by atoms with Crippen LogP contribution >= 0.6 is 0 Å². The summed E-state index contributed by atoms with van der Waals surface area (Å²) in [6, 6.07) is 3.76. The van der Waals surface area contributed by atoms with E-state index in [1.54, 1.807) is 0 Å². The third-order valence-electron chi connectivity index (χ3n) is 5.10. The average molecular weight is 323 g/mol. The van der Waals surface area contributed by atoms with Crippen molar-refractivity contribution in [2.24, 2.45) is 17.8 Å². The number of hydrogen-bond donors (Lipinski definition) is 0. The van der Waals surface area contributed by atoms with Gasteiger partial charge in [0.05, 0.1) is 13.2 Å². The van der Waals surface area contributed by atoms with Crippen LogP contribution in [0.2, 0.25) is 0 Å². The van der Waals surface area contributed by atoms with Crippen molar-refractivity contribution in [1.82, 2.24) is 0 Å². The van der Waals surface area contributed by atoms with Crippen molar-refractivity contribution in [2.45, 2.75) is 38.9 Å². The van der Waals surface area contributed by atoms with Crippen LogP contribution in [0.1, 0.15) is 51.5 Å². The summed E-state index contributed by atoms with van der Waals surface area (Å²) in [4.78, 5) is 0. The summed E-state index contributed by atoms with van der Waals surface area (Å²) in [6.07, 6.45) is 4.13. The first-order valence-electron chi connectivity index (χ1n) is 8.20. The fourth-order valence-corrected chi connectivity index (χ4v) is 3.58. The van der Waals surface area contributed by atoms with Gasteiger partial charge >= 0.3 is 0 Å². The predicted molar refractivity (Wildman–Crippen MR) is 82.4 cm³/mol. The molecule has 1 aromatic rings. The van der Waals surface area contributed by atoms with Crippen LogP contribution in [0.25, 0.3) is 0 Å². The molecule has 0 radical (unpaired) electrons. The van der Waals surface area contributed by atoms with Crippen LogP contribution in [-0.2, 0) is 9.47 Å². The van der Waals surface area contributed by atoms with Crippen LogP contribution in [0.15, 0.2) is 12.1 Å². The highest BCUT2D eigenvalue weighted by atomic mass is 19.1. The SMILES string of the molecule is CC1CCC(C2COC(c3cc(F)c(C#N)c(F)c3)OC2)CC1.[HH]. The van der Waals surface area contributed by atoms with Gasteiger partial charge in [0, 0.05) is 12.9 Å². The maximum atomic E-state index is 13.7. The molecular weight excluding hydrogens is 300 g/mol. The molecule has 0 aromatic heterocycles. The van der Waals surface area contributed by atoms with Gasteiger partial charge in [-0.15, -0.1) is 0 Å². The van der Waals surface area contributed by atoms with E-state index in [0.29, 0.717) is 25.0 Å². The van der Waals surface area contributed by atoms with Gasteiger partial charge in [0.15, 0.2) is 6.29 Å². The lowest BCUT2D eigenvalue weighted by Gasteiger charge is -2.37. The van der Waals surface area contributed by atoms with Gasteiger partial charge < -0.3 is 9.47 Å². The molecule has 1 aliphatic carbocycles. The smallest absolute Gasteiger partial charge is 0.184 e. The Labute approximate surface area is 136 Å². The molecule has 23 heavy (non-hydrogen) atoms. The lowest BCUT2D eigenvalue weighted by Crippen LogP contribution is -2.34. The van der Waals surface area contributed by atoms with Crippen molar-refractivity contribution in [3.63, 3.8) is 0 Å². The van der Waals surface area contributed by atoms with E-state index in [-0.39, 0.29) is 6.99 Å². The van der Waals surface area contributed by atoms with Gasteiger partial charge in [-0.25, -0.2) is 8.78 Å². The van der Waals surface area contributed by atoms with Crippen LogP contribution in [0.5, 0.6) is 0 Å². The van der Waals surface area contributed by atoms with Crippen LogP contribution < -0.4 is 0 Å². The zero-order valence-electron chi connectivity index (χ0n) is 13.2. The molecule has 3 rings (SSSR count). The Balaban J connectivity index is 0.00000208. The molecule has 0 bridgehead atoms. The molecule has 2 fully saturated rings. The zero-order chi connectivity index (χ0) is 16.4. The second kappa shape index (κ2) is 6.94. The predicted octanol–water partition coefficient (Wildman–Crippen LogP) is 4.57. The summed E-state index contributed by atoms with van der Waals surface area (Å²) in [5.41, 5.74) is -0.284. The van der Waals surface area contributed by atoms with Gasteiger partial charge in [-0.3, -0.25) is 0 Å². The highest BCUT2D eigenvalue weighted by Crippen LogP contribution is 2.37. The van der Waals surface area contributed by atoms with Crippen LogP contribution in [0.4, 0.5) is 8.78 Å². The Hall–Kier alpha value is -1.51. The second-order valence-electron chi connectivity index (χ2n) is 6.75. The van der Waals surface area contributed by atoms with E-state index in [1.807, 2.05) is 0 Å². The molecule has 2 aliphatic rings. The van der Waals surface area contributed by atoms with E-state index in [9.17, 15) is 8.78 Å². The Morgan fingerprint density at radius 2 is 1.61 bits per heavy atom. The van der Waals surface area contributed by atoms with Crippen molar-refractivity contribution in [3.8, 4) is 6.07 Å². The van der Waals surface area contributed by atoms with Gasteiger partial charge in [-0.1, -0.05) is 19.8 Å². The summed E-state index contributed by atoms with van der Waals surface area (Å²) in [5.74, 6) is 0.0126. The molecule has 0 N–H and O–H groups in total. The highest BCUT2D eigenvalue weighted by molar-refractivity contribution is 5.35. The minimum Gasteiger partial charge on any atom is -0.348 e. The lowest BCUT2D eigenvalue weighted by atomic mass is 9.76. The van der Waals surface area contributed by atoms with Gasteiger partial charge in [-0.05, 0) is 36.8 Å². The molecule has 1 aliphatic heterocycles. The van der Waals surface area contributed by atoms with E-state index in [0.717, 1.165) is 18.1 Å². The average Bonchev–Trinajstić information content (AvgIpc) is 2.55. The minimum absolute atomic E-state index is 0. The van der Waals surface area contributed by atoms with Crippen molar-refractivity contribution in [3.05, 3.63) is 34.9 Å². The molecule has 1 heterocycles. The fourth-order valence-electron chi connectivity index (χ4n) is 3.58. The number of benzene rings is 1. The van der Waals surface area contributed by atoms with Crippen LogP contribution in [0.3, 0.4) is 0 Å². The van der Waals surface area contributed by atoms with Crippen LogP contribution in [0, 0.1) is 40.7 Å². The third kappa shape index (κ3) is 3.54. The van der Waals surface area contributed by atoms with Gasteiger partial charge in [0.25, 0.3) is 0 Å². The summed E-state index contributed by atoms with van der Waals surface area (Å²) in [7, 11) is 0. The fraction of sp³-hybridized carbons (Fsp3) is 0.611. The first kappa shape index (κ1) is 16.4. The van der Waals surface area contributed by atoms with Crippen molar-refractivity contribution in [2.75, 3.05) is 13.2 Å². The topological polar surface area (TPSA) is 42.2 Å². The number of nitrogens with zero attached hydrogens (tertiary/aromatic N) is 1. The standard InChI is InChI=1S/C18H21F2NO2.H2/c1-11-2-4-12(5-3-11)14-9-22-18(23-10-14)13-6-16(19)15(8-21)17(20)7-13;/h6-7,11-12,14,18H,2-5,9-10H2,1H3;1H. The molecule has 0 unspecified atom stereocenters. The van der Waals surface area contributed by atoms with Gasteiger partial charge in [0.1, 0.15) is 23.3 Å². The second-order valence-corrected chi connectivity index (χ2v) is 6.75. The first-order chi connectivity index (χ1) is 11.1. The summed E-state index contributed by atoms with van der Waals surface area (Å²) in [6.45, 7) is 3.38. The number of nitriles is 1. The normalized spacial score (nSPS) is 31.6. The molecule has 5 heteroatoms. The molecule has 1 saturated carbocycles. The molecule has 126 valence electrons. The van der Waals surface area contributed by atoms with E-state index in [1.165, 1.54) is 31.8 Å². The molecule has 3 nitrogen and oxygen atoms in total. The first-order valence-corrected chi connectivity index (χ1v) is 8.20. The van der Waals surface area contributed by atoms with Gasteiger partial charge in [0.2, 0.25) is 0 Å². The Kier molecular flexibility index (Phi) is 4.93. The van der Waals surface area contributed by atoms with Crippen LogP contribution in [-0.4, -0.2) is 13.2 Å². The highest BCUT2D eigenvalue weighted by Gasteiger charge is 2.32. The Morgan fingerprint density at radius 3 is 2.13 bits per heavy atom. The van der Waals surface area contributed by atoms with Crippen molar-refractivity contribution in [1.29, 1.82) is 5.26 Å². The van der Waals surface area contributed by atoms with E-state index >= 15 is 0 Å². The number of rotatable bonds is 2. The van der Waals surface area contributed by atoms with Crippen molar-refractivity contribution >= 4 is 0 Å². The molecule has 0 amide bonds. The monoisotopic (exact) mass is 323 g/mol. The molecule has 0 spiro atoms. The number of hydrogen-bond acceptors (Lipinski definition) is 3. The van der Waals surface area contributed by atoms with Crippen molar-refractivity contribution < 1.29 is 19.7 Å². The Morgan fingerprint density at radius 1 is 1.04 bits per heavy atom. The summed E-state index contributed by atoms with van der Waals surface area (Å²) in [5, 5.41) is 8.71. The Bertz CT molecular complexity index is 581. The maximum Gasteiger partial charge on any atom is 0.184 e.